The van der Waals surface area contributed by atoms with Crippen molar-refractivity contribution in [2.24, 2.45) is 0 Å². The molecule has 3 rings (SSSR count). The number of carbonyl (C=O) groups excluding carboxylic acids is 1. The molecule has 1 aliphatic rings. The predicted molar refractivity (Wildman–Crippen MR) is 106 cm³/mol. The van der Waals surface area contributed by atoms with Gasteiger partial charge in [-0.2, -0.15) is 0 Å². The Morgan fingerprint density at radius 2 is 1.88 bits per heavy atom. The second-order valence-corrected chi connectivity index (χ2v) is 7.35. The fraction of sp³-hybridized carbons (Fsp3) is 0.421. The van der Waals surface area contributed by atoms with Gasteiger partial charge < -0.3 is 0 Å². The van der Waals surface area contributed by atoms with E-state index >= 15 is 0 Å². The van der Waals surface area contributed by atoms with Crippen molar-refractivity contribution in [3.63, 3.8) is 0 Å². The van der Waals surface area contributed by atoms with Crippen LogP contribution in [0.25, 0.3) is 6.08 Å². The normalized spacial score (nSPS) is 16.2. The Balaban J connectivity index is 1.36. The van der Waals surface area contributed by atoms with Crippen molar-refractivity contribution < 1.29 is 4.79 Å². The average molecular weight is 372 g/mol. The molecule has 1 aromatic carbocycles. The maximum absolute atomic E-state index is 12.2. The monoisotopic (exact) mass is 371 g/mol. The Hall–Kier alpha value is -2.09. The number of piperazine rings is 1. The van der Waals surface area contributed by atoms with E-state index in [0.29, 0.717) is 11.7 Å². The molecule has 26 heavy (non-hydrogen) atoms. The molecule has 2 aromatic rings. The molecule has 0 aliphatic carbocycles. The Morgan fingerprint density at radius 1 is 1.15 bits per heavy atom. The fourth-order valence-corrected chi connectivity index (χ4v) is 3.54. The van der Waals surface area contributed by atoms with E-state index in [-0.39, 0.29) is 5.91 Å². The van der Waals surface area contributed by atoms with Gasteiger partial charge in [0.05, 0.1) is 6.54 Å². The molecule has 138 valence electrons. The van der Waals surface area contributed by atoms with Crippen LogP contribution in [0, 0.1) is 0 Å². The minimum atomic E-state index is -0.0128. The Bertz CT molecular complexity index is 723. The third kappa shape index (κ3) is 5.72. The molecular formula is C19H25N5OS. The van der Waals surface area contributed by atoms with Crippen LogP contribution in [0.15, 0.2) is 36.4 Å². The van der Waals surface area contributed by atoms with Gasteiger partial charge in [0.2, 0.25) is 11.0 Å². The van der Waals surface area contributed by atoms with Gasteiger partial charge in [0, 0.05) is 32.7 Å². The first-order valence-corrected chi connectivity index (χ1v) is 9.83. The van der Waals surface area contributed by atoms with Crippen molar-refractivity contribution in [2.75, 3.05) is 44.6 Å². The number of aryl methyl sites for hydroxylation is 1. The van der Waals surface area contributed by atoms with Gasteiger partial charge >= 0.3 is 0 Å². The summed E-state index contributed by atoms with van der Waals surface area (Å²) in [5.41, 5.74) is 1.23. The third-order valence-corrected chi connectivity index (χ3v) is 5.30. The first-order valence-electron chi connectivity index (χ1n) is 9.01. The molecule has 0 atom stereocenters. The lowest BCUT2D eigenvalue weighted by atomic mass is 10.2. The van der Waals surface area contributed by atoms with Crippen LogP contribution in [0.1, 0.15) is 17.5 Å². The third-order valence-electron chi connectivity index (χ3n) is 4.32. The molecule has 1 aromatic heterocycles. The largest absolute Gasteiger partial charge is 0.299 e. The summed E-state index contributed by atoms with van der Waals surface area (Å²) in [6.45, 7) is 7.15. The van der Waals surface area contributed by atoms with Gasteiger partial charge in [-0.15, -0.1) is 10.2 Å². The molecular weight excluding hydrogens is 346 g/mol. The first kappa shape index (κ1) is 18.7. The molecule has 0 saturated carbocycles. The Kier molecular flexibility index (Phi) is 6.88. The summed E-state index contributed by atoms with van der Waals surface area (Å²) in [5.74, 6) is -0.0128. The summed E-state index contributed by atoms with van der Waals surface area (Å²) < 4.78 is 0. The van der Waals surface area contributed by atoms with Crippen molar-refractivity contribution in [3.05, 3.63) is 47.0 Å². The first-order chi connectivity index (χ1) is 12.7. The number of anilines is 1. The number of nitrogens with one attached hydrogen (secondary N) is 1. The molecule has 1 N–H and O–H groups in total. The molecule has 0 radical (unpaired) electrons. The topological polar surface area (TPSA) is 61.4 Å². The van der Waals surface area contributed by atoms with E-state index in [0.717, 1.165) is 44.2 Å². The van der Waals surface area contributed by atoms with Gasteiger partial charge in [-0.1, -0.05) is 60.7 Å². The zero-order valence-electron chi connectivity index (χ0n) is 15.1. The molecule has 1 aliphatic heterocycles. The molecule has 0 bridgehead atoms. The number of aromatic nitrogens is 2. The van der Waals surface area contributed by atoms with Gasteiger partial charge in [0.25, 0.3) is 0 Å². The van der Waals surface area contributed by atoms with Gasteiger partial charge in [-0.3, -0.25) is 19.9 Å². The van der Waals surface area contributed by atoms with Crippen molar-refractivity contribution in [3.8, 4) is 0 Å². The quantitative estimate of drug-likeness (QED) is 0.810. The molecule has 7 heteroatoms. The van der Waals surface area contributed by atoms with E-state index in [4.69, 9.17) is 0 Å². The molecule has 1 fully saturated rings. The standard InChI is InChI=1S/C19H25N5OS/c1-2-18-21-22-19(26-18)20-17(25)15-24-13-11-23(12-14-24)10-6-9-16-7-4-3-5-8-16/h3-9H,2,10-15H2,1H3,(H,20,22,25)/b9-6+. The van der Waals surface area contributed by atoms with E-state index in [9.17, 15) is 4.79 Å². The highest BCUT2D eigenvalue weighted by Crippen LogP contribution is 2.15. The van der Waals surface area contributed by atoms with E-state index in [1.165, 1.54) is 16.9 Å². The van der Waals surface area contributed by atoms with Crippen LogP contribution in [-0.4, -0.2) is 65.2 Å². The SMILES string of the molecule is CCc1nnc(NC(=O)CN2CCN(C/C=C/c3ccccc3)CC2)s1. The van der Waals surface area contributed by atoms with Gasteiger partial charge in [-0.05, 0) is 12.0 Å². The van der Waals surface area contributed by atoms with Crippen LogP contribution in [0.2, 0.25) is 0 Å². The summed E-state index contributed by atoms with van der Waals surface area (Å²) in [7, 11) is 0. The highest BCUT2D eigenvalue weighted by Gasteiger charge is 2.18. The summed E-state index contributed by atoms with van der Waals surface area (Å²) >= 11 is 1.44. The minimum Gasteiger partial charge on any atom is -0.299 e. The summed E-state index contributed by atoms with van der Waals surface area (Å²) in [6, 6.07) is 10.3. The molecule has 6 nitrogen and oxygen atoms in total. The number of carbonyl (C=O) groups is 1. The number of rotatable bonds is 7. The molecule has 1 saturated heterocycles. The average Bonchev–Trinajstić information content (AvgIpc) is 3.11. The van der Waals surface area contributed by atoms with Crippen LogP contribution in [0.5, 0.6) is 0 Å². The lowest BCUT2D eigenvalue weighted by molar-refractivity contribution is -0.117. The van der Waals surface area contributed by atoms with Crippen molar-refractivity contribution in [1.82, 2.24) is 20.0 Å². The number of nitrogens with zero attached hydrogens (tertiary/aromatic N) is 4. The highest BCUT2D eigenvalue weighted by molar-refractivity contribution is 7.15. The smallest absolute Gasteiger partial charge is 0.240 e. The maximum Gasteiger partial charge on any atom is 0.240 e. The van der Waals surface area contributed by atoms with Gasteiger partial charge in [-0.25, -0.2) is 0 Å². The van der Waals surface area contributed by atoms with E-state index in [2.05, 4.69) is 49.6 Å². The fourth-order valence-electron chi connectivity index (χ4n) is 2.84. The van der Waals surface area contributed by atoms with E-state index in [1.807, 2.05) is 25.1 Å². The molecule has 0 spiro atoms. The number of hydrogen-bond donors (Lipinski definition) is 1. The summed E-state index contributed by atoms with van der Waals surface area (Å²) in [5, 5.41) is 12.4. The van der Waals surface area contributed by atoms with Crippen molar-refractivity contribution in [2.45, 2.75) is 13.3 Å². The molecule has 1 amide bonds. The summed E-state index contributed by atoms with van der Waals surface area (Å²) in [6.07, 6.45) is 5.21. The number of benzene rings is 1. The van der Waals surface area contributed by atoms with E-state index in [1.54, 1.807) is 0 Å². The van der Waals surface area contributed by atoms with Crippen molar-refractivity contribution >= 4 is 28.5 Å². The minimum absolute atomic E-state index is 0.0128. The van der Waals surface area contributed by atoms with E-state index < -0.39 is 0 Å². The number of amides is 1. The second kappa shape index (κ2) is 9.56. The zero-order valence-corrected chi connectivity index (χ0v) is 15.9. The lowest BCUT2D eigenvalue weighted by Crippen LogP contribution is -2.48. The van der Waals surface area contributed by atoms with Crippen LogP contribution in [0.4, 0.5) is 5.13 Å². The molecule has 2 heterocycles. The van der Waals surface area contributed by atoms with Crippen LogP contribution in [0.3, 0.4) is 0 Å². The van der Waals surface area contributed by atoms with Gasteiger partial charge in [0.15, 0.2) is 0 Å². The zero-order chi connectivity index (χ0) is 18.2. The highest BCUT2D eigenvalue weighted by atomic mass is 32.1. The Morgan fingerprint density at radius 3 is 2.58 bits per heavy atom. The van der Waals surface area contributed by atoms with Gasteiger partial charge in [0.1, 0.15) is 5.01 Å². The predicted octanol–water partition coefficient (Wildman–Crippen LogP) is 2.37. The lowest BCUT2D eigenvalue weighted by Gasteiger charge is -2.33. The maximum atomic E-state index is 12.2. The summed E-state index contributed by atoms with van der Waals surface area (Å²) in [4.78, 5) is 16.7. The van der Waals surface area contributed by atoms with Crippen LogP contribution >= 0.6 is 11.3 Å². The van der Waals surface area contributed by atoms with Crippen LogP contribution < -0.4 is 5.32 Å². The Labute approximate surface area is 158 Å². The molecule has 0 unspecified atom stereocenters. The number of hydrogen-bond acceptors (Lipinski definition) is 6. The second-order valence-electron chi connectivity index (χ2n) is 6.29. The van der Waals surface area contributed by atoms with Crippen molar-refractivity contribution in [1.29, 1.82) is 0 Å². The van der Waals surface area contributed by atoms with Crippen LogP contribution in [-0.2, 0) is 11.2 Å².